The summed E-state index contributed by atoms with van der Waals surface area (Å²) in [5, 5.41) is 19.4. The third kappa shape index (κ3) is 246. The van der Waals surface area contributed by atoms with E-state index in [2.05, 4.69) is 92.1 Å². The van der Waals surface area contributed by atoms with Crippen LogP contribution < -0.4 is 27.0 Å². The van der Waals surface area contributed by atoms with E-state index in [1.165, 1.54) is 43.6 Å². The van der Waals surface area contributed by atoms with Crippen LogP contribution in [0, 0.1) is 0 Å². The highest BCUT2D eigenvalue weighted by Crippen LogP contribution is 2.11. The van der Waals surface area contributed by atoms with Gasteiger partial charge in [0.05, 0.1) is 37.8 Å². The van der Waals surface area contributed by atoms with Crippen LogP contribution in [-0.4, -0.2) is 88.4 Å². The molecule has 0 saturated heterocycles. The predicted molar refractivity (Wildman–Crippen MR) is 398 cm³/mol. The van der Waals surface area contributed by atoms with Crippen molar-refractivity contribution in [3.05, 3.63) is 48.3 Å². The van der Waals surface area contributed by atoms with Crippen molar-refractivity contribution in [1.29, 1.82) is 0 Å². The van der Waals surface area contributed by atoms with E-state index in [1.807, 2.05) is 285 Å². The summed E-state index contributed by atoms with van der Waals surface area (Å²) in [5.74, 6) is 2.50. The molecule has 0 aromatic carbocycles. The number of hydrazone groups is 1. The third-order valence-electron chi connectivity index (χ3n) is 5.22. The van der Waals surface area contributed by atoms with Crippen LogP contribution in [0.4, 0.5) is 0 Å². The molecule has 0 atom stereocenters. The van der Waals surface area contributed by atoms with E-state index in [9.17, 15) is 0 Å². The van der Waals surface area contributed by atoms with Crippen LogP contribution in [0.2, 0.25) is 0 Å². The summed E-state index contributed by atoms with van der Waals surface area (Å²) in [6.07, 6.45) is 29.5. The average Bonchev–Trinajstić information content (AvgIpc) is 4.45. The predicted octanol–water partition coefficient (Wildman–Crippen LogP) is 23.4. The van der Waals surface area contributed by atoms with Gasteiger partial charge in [0.15, 0.2) is 0 Å². The van der Waals surface area contributed by atoms with Gasteiger partial charge in [-0.25, -0.2) is 5.43 Å². The maximum atomic E-state index is 4.76. The lowest BCUT2D eigenvalue weighted by atomic mass is 10.4. The van der Waals surface area contributed by atoms with Gasteiger partial charge in [0.2, 0.25) is 0 Å². The molecule has 8 aliphatic heterocycles. The lowest BCUT2D eigenvalue weighted by Crippen LogP contribution is -2.22. The first-order chi connectivity index (χ1) is 40.5. The van der Waals surface area contributed by atoms with Gasteiger partial charge in [0.25, 0.3) is 0 Å². The number of thioether (sulfide) groups is 2. The average molecular weight is 1210 g/mol. The van der Waals surface area contributed by atoms with E-state index in [1.54, 1.807) is 30.6 Å². The number of hydrogen-bond acceptors (Lipinski definition) is 15. The first-order valence-corrected chi connectivity index (χ1v) is 35.7. The molecule has 0 radical (unpaired) electrons. The molecular weight excluding hydrogens is 1040 g/mol. The summed E-state index contributed by atoms with van der Waals surface area (Å²) < 4.78 is 4.76. The summed E-state index contributed by atoms with van der Waals surface area (Å²) in [6, 6.07) is 0. The molecule has 81 heavy (non-hydrogen) atoms. The van der Waals surface area contributed by atoms with E-state index >= 15 is 0 Å². The van der Waals surface area contributed by atoms with E-state index in [4.69, 9.17) is 4.74 Å². The topological polar surface area (TPSA) is 153 Å². The Hall–Kier alpha value is -3.30. The summed E-state index contributed by atoms with van der Waals surface area (Å²) in [5.41, 5.74) is 12.8. The van der Waals surface area contributed by atoms with Crippen LogP contribution in [0.5, 0.6) is 0 Å². The molecule has 8 heterocycles. The van der Waals surface area contributed by atoms with Gasteiger partial charge in [-0.1, -0.05) is 284 Å². The zero-order chi connectivity index (χ0) is 67.8. The van der Waals surface area contributed by atoms with Gasteiger partial charge in [0.1, 0.15) is 13.3 Å². The summed E-state index contributed by atoms with van der Waals surface area (Å²) in [6.45, 7) is 79.3. The number of nitrogens with zero attached hydrogens (tertiary/aromatic N) is 6. The lowest BCUT2D eigenvalue weighted by molar-refractivity contribution is 0.174. The van der Waals surface area contributed by atoms with Crippen molar-refractivity contribution in [2.24, 2.45) is 30.6 Å². The highest BCUT2D eigenvalue weighted by Gasteiger charge is 1.88. The Balaban J connectivity index is -0.0000000323. The standard InChI is InChI=1S/C5H8.C4H7N.C4H6O.C4H6S.C3H6N2.C3H5NO.C3H5NS.2C2H5N3.18C2H6/c6*1-2-4-5-3-1;1-2-5-3-4-1;1-3-2-5-4-1;1-2-4-5-3-1;18*1-2/h1-2H,3-5H2;1,3,5H,2,4H2;2*1,3H,2,4H2;2,5H,1,3H2;2H,1,3H2;3H,1-2H2;1,5H,2H2,(H,3,4);1-2H2,(H,3,4);18*1-2H3. The molecule has 15 heteroatoms. The Morgan fingerprint density at radius 3 is 1.06 bits per heavy atom. The number of hydrogen-bond donors (Lipinski definition) is 5. The summed E-state index contributed by atoms with van der Waals surface area (Å²) in [4.78, 5) is 12.2. The molecule has 0 unspecified atom stereocenters. The van der Waals surface area contributed by atoms with Crippen molar-refractivity contribution in [3.8, 4) is 0 Å². The summed E-state index contributed by atoms with van der Waals surface area (Å²) >= 11 is 3.68. The molecule has 0 aromatic rings. The minimum absolute atomic E-state index is 0.708. The SMILES string of the molecule is C1=CCCC1.C1=CNCC1.C1=COCC1.C1=CSCC1.C1=NCCS1.C1=NCNN1.C1=NNCC1.C1=NOCC1.C1CNN=N1.CC.CC.CC.CC.CC.CC.CC.CC.CC.CC.CC.CC.CC.CC.CC.CC.CC.CC. The fourth-order valence-corrected chi connectivity index (χ4v) is 4.22. The fourth-order valence-electron chi connectivity index (χ4n) is 3.01. The van der Waals surface area contributed by atoms with Gasteiger partial charge >= 0.3 is 0 Å². The Morgan fingerprint density at radius 2 is 0.951 bits per heavy atom. The van der Waals surface area contributed by atoms with Crippen molar-refractivity contribution in [3.63, 3.8) is 0 Å². The Labute approximate surface area is 525 Å². The molecule has 0 amide bonds. The van der Waals surface area contributed by atoms with E-state index < -0.39 is 0 Å². The van der Waals surface area contributed by atoms with Crippen LogP contribution in [0.3, 0.4) is 0 Å². The van der Waals surface area contributed by atoms with Crippen molar-refractivity contribution < 1.29 is 9.57 Å². The smallest absolute Gasteiger partial charge is 0.122 e. The molecule has 9 rings (SSSR count). The first kappa shape index (κ1) is 128. The number of oxime groups is 1. The van der Waals surface area contributed by atoms with Crippen molar-refractivity contribution in [2.75, 3.05) is 64.1 Å². The number of allylic oxidation sites excluding steroid dienone is 3. The van der Waals surface area contributed by atoms with E-state index in [-0.39, 0.29) is 0 Å². The Kier molecular flexibility index (Phi) is 400. The van der Waals surface area contributed by atoms with Gasteiger partial charge in [-0.05, 0) is 49.8 Å². The highest BCUT2D eigenvalue weighted by atomic mass is 32.2. The summed E-state index contributed by atoms with van der Waals surface area (Å²) in [7, 11) is 0. The molecule has 1 aliphatic carbocycles. The minimum atomic E-state index is 0.708. The van der Waals surface area contributed by atoms with Gasteiger partial charge in [0, 0.05) is 62.8 Å². The quantitative estimate of drug-likeness (QED) is 0.149. The molecule has 13 nitrogen and oxygen atoms in total. The number of nitrogens with one attached hydrogen (secondary N) is 5. The Bertz CT molecular complexity index is 643. The second kappa shape index (κ2) is 253. The second-order valence-electron chi connectivity index (χ2n) is 9.07. The maximum absolute atomic E-state index is 4.76. The third-order valence-corrected chi connectivity index (χ3v) is 6.80. The maximum Gasteiger partial charge on any atom is 0.122 e. The van der Waals surface area contributed by atoms with E-state index in [0.29, 0.717) is 6.67 Å². The first-order valence-electron chi connectivity index (χ1n) is 33.6. The van der Waals surface area contributed by atoms with Crippen molar-refractivity contribution >= 4 is 47.8 Å². The molecule has 0 bridgehead atoms. The Morgan fingerprint density at radius 1 is 0.420 bits per heavy atom. The van der Waals surface area contributed by atoms with Gasteiger partial charge in [-0.2, -0.15) is 10.2 Å². The van der Waals surface area contributed by atoms with Crippen LogP contribution in [0.25, 0.3) is 0 Å². The highest BCUT2D eigenvalue weighted by molar-refractivity contribution is 8.12. The number of ether oxygens (including phenoxy) is 1. The monoisotopic (exact) mass is 1200 g/mol. The van der Waals surface area contributed by atoms with Crippen LogP contribution in [-0.2, 0) is 9.57 Å². The van der Waals surface area contributed by atoms with Crippen LogP contribution >= 0.6 is 23.5 Å². The number of rotatable bonds is 0. The number of aliphatic imine (C=N–C) groups is 2. The largest absolute Gasteiger partial charge is 0.501 e. The molecule has 0 saturated carbocycles. The molecule has 0 aromatic heterocycles. The molecular formula is C66H161N11O2S2. The zero-order valence-electron chi connectivity index (χ0n) is 62.5. The molecule has 5 N–H and O–H groups in total. The second-order valence-corrected chi connectivity index (χ2v) is 11.0. The van der Waals surface area contributed by atoms with Crippen LogP contribution in [0.1, 0.15) is 301 Å². The minimum Gasteiger partial charge on any atom is -0.501 e. The lowest BCUT2D eigenvalue weighted by Gasteiger charge is -1.80. The van der Waals surface area contributed by atoms with Gasteiger partial charge in [-0.15, -0.1) is 23.5 Å². The molecule has 9 aliphatic rings. The fraction of sp³-hybridized carbons (Fsp3) is 0.818. The molecule has 0 spiro atoms. The number of hydrazine groups is 1. The molecule has 504 valence electrons. The van der Waals surface area contributed by atoms with Crippen LogP contribution in [0.15, 0.2) is 78.8 Å². The van der Waals surface area contributed by atoms with Gasteiger partial charge < -0.3 is 25.7 Å². The van der Waals surface area contributed by atoms with Crippen molar-refractivity contribution in [1.82, 2.24) is 27.0 Å². The zero-order valence-corrected chi connectivity index (χ0v) is 64.1. The molecule has 0 fully saturated rings. The van der Waals surface area contributed by atoms with E-state index in [0.717, 1.165) is 65.2 Å². The van der Waals surface area contributed by atoms with Crippen molar-refractivity contribution in [2.45, 2.75) is 301 Å². The normalized spacial score (nSPS) is 12.3. The van der Waals surface area contributed by atoms with Gasteiger partial charge in [-0.3, -0.25) is 15.4 Å².